The minimum Gasteiger partial charge on any atom is -0.354 e. The number of fused-ring (bicyclic) bond motifs is 1. The number of hydrogen-bond donors (Lipinski definition) is 13. The molecule has 5 heterocycles. The van der Waals surface area contributed by atoms with Crippen LogP contribution in [0.5, 0.6) is 0 Å². The molecule has 0 bridgehead atoms. The van der Waals surface area contributed by atoms with Gasteiger partial charge in [0.25, 0.3) is 0 Å². The monoisotopic (exact) mass is 1610 g/mol. The summed E-state index contributed by atoms with van der Waals surface area (Å²) in [6.07, 6.45) is 9.17. The molecule has 0 spiro atoms. The number of carbonyl (C=O) groups is 16. The first-order valence-corrected chi connectivity index (χ1v) is 41.1. The Kier molecular flexibility index (Phi) is 34.4. The van der Waals surface area contributed by atoms with Crippen LogP contribution >= 0.6 is 0 Å². The van der Waals surface area contributed by atoms with Crippen LogP contribution in [0.2, 0.25) is 0 Å². The van der Waals surface area contributed by atoms with Gasteiger partial charge in [-0.2, -0.15) is 0 Å². The third-order valence-corrected chi connectivity index (χ3v) is 21.7. The summed E-state index contributed by atoms with van der Waals surface area (Å²) in [6, 6.07) is -5.17. The standard InChI is InChI=1S/C80H138N18O16/c1-48(2)42-52(47-95-38-29-37-94-36-28-33-61(94)95)84-68(109)75(10,11)88-63(104)54(44-50(5)6)85-59(101)45-83-67(108)74(8,9)89-65(106)56-31-24-27-41-98(56)73(114)80(20,21)93-70(111)77(14,15)87-60(102)46-82-58(100)34-35-81-62(103)53(43-49(3)4)86-69(110)76(12,13)92-71(112)78(16,17)90-66(107)57-32-23-26-40-97(57)72(113)79(18,19)91-64(105)55-30-22-25-39-96(55)51(7)99/h48-50,52-57,61H,22-47H2,1-21H3,(H,81,103)(H,82,100)(H,83,108)(H,84,109)(H,85,101)(H,86,110)(H,87,102)(H,88,104)(H,89,106)(H,90,107)(H,91,105)(H,92,112)(H,93,111)/t52?,53-,54?,55-,56-,57-,61?/m0/s1. The van der Waals surface area contributed by atoms with Crippen LogP contribution in [0, 0.1) is 17.8 Å². The van der Waals surface area contributed by atoms with Gasteiger partial charge >= 0.3 is 0 Å². The Hall–Kier alpha value is -8.56. The van der Waals surface area contributed by atoms with Crippen LogP contribution in [0.4, 0.5) is 0 Å². The highest BCUT2D eigenvalue weighted by Gasteiger charge is 2.48. The van der Waals surface area contributed by atoms with Crippen LogP contribution in [0.25, 0.3) is 0 Å². The Labute approximate surface area is 674 Å². The number of rotatable bonds is 37. The fourth-order valence-electron chi connectivity index (χ4n) is 15.2. The van der Waals surface area contributed by atoms with Crippen LogP contribution < -0.4 is 69.1 Å². The van der Waals surface area contributed by atoms with E-state index in [1.807, 2.05) is 27.7 Å². The van der Waals surface area contributed by atoms with E-state index in [2.05, 4.69) is 92.8 Å². The van der Waals surface area contributed by atoms with E-state index in [1.54, 1.807) is 27.7 Å². The SMILES string of the molecule is CC(=O)N1CCCC[C@H]1C(=O)NC(C)(C)C(=O)N1CCCC[C@H]1C(=O)NC(C)(C)C(=O)NC(C)(C)C(=O)N[C@@H](CC(C)C)C(=O)NCCC(=O)NCC(=O)NC(C)(C)C(=O)NC(C)(C)C(=O)N1CCCC[C@H]1C(=O)NC(C)(C)C(=O)NCC(=O)NC(CC(C)C)C(=O)NC(C)(C)C(=O)NC(CC(C)C)CN1CCCN2CCCC21. The van der Waals surface area contributed by atoms with Crippen LogP contribution in [0.15, 0.2) is 0 Å². The average Bonchev–Trinajstić information content (AvgIpc) is 0.998. The van der Waals surface area contributed by atoms with Crippen molar-refractivity contribution in [3.8, 4) is 0 Å². The van der Waals surface area contributed by atoms with Crippen molar-refractivity contribution in [3.05, 3.63) is 0 Å². The zero-order chi connectivity index (χ0) is 86.0. The summed E-state index contributed by atoms with van der Waals surface area (Å²) < 4.78 is 0. The molecule has 644 valence electrons. The summed E-state index contributed by atoms with van der Waals surface area (Å²) in [4.78, 5) is 229. The maximum Gasteiger partial charge on any atom is 0.248 e. The van der Waals surface area contributed by atoms with Gasteiger partial charge in [-0.25, -0.2) is 0 Å². The van der Waals surface area contributed by atoms with Crippen molar-refractivity contribution in [2.45, 2.75) is 329 Å². The Morgan fingerprint density at radius 3 is 1.27 bits per heavy atom. The number of carbonyl (C=O) groups excluding carboxylic acids is 16. The van der Waals surface area contributed by atoms with Gasteiger partial charge in [-0.05, 0) is 218 Å². The molecule has 0 aromatic carbocycles. The van der Waals surface area contributed by atoms with Crippen molar-refractivity contribution in [2.75, 3.05) is 65.4 Å². The van der Waals surface area contributed by atoms with Crippen LogP contribution in [0.3, 0.4) is 0 Å². The average molecular weight is 1610 g/mol. The summed E-state index contributed by atoms with van der Waals surface area (Å²) in [5, 5.41) is 35.4. The van der Waals surface area contributed by atoms with Crippen molar-refractivity contribution in [2.24, 2.45) is 17.8 Å². The second-order valence-electron chi connectivity index (χ2n) is 36.7. The molecule has 0 saturated carbocycles. The number of amides is 16. The fourth-order valence-corrected chi connectivity index (χ4v) is 15.2. The highest BCUT2D eigenvalue weighted by atomic mass is 16.2. The molecule has 114 heavy (non-hydrogen) atoms. The fraction of sp³-hybridized carbons (Fsp3) is 0.800. The van der Waals surface area contributed by atoms with Crippen LogP contribution in [0.1, 0.15) is 248 Å². The topological polar surface area (TPSA) is 446 Å². The molecule has 5 saturated heterocycles. The molecule has 0 aliphatic carbocycles. The molecule has 0 aromatic heterocycles. The second kappa shape index (κ2) is 40.8. The Morgan fingerprint density at radius 1 is 0.351 bits per heavy atom. The normalized spacial score (nSPS) is 19.7. The van der Waals surface area contributed by atoms with Crippen molar-refractivity contribution in [1.29, 1.82) is 0 Å². The van der Waals surface area contributed by atoms with E-state index in [1.165, 1.54) is 90.9 Å². The maximum atomic E-state index is 14.4. The minimum absolute atomic E-state index is 0.0576. The molecular formula is C80H138N18O16. The lowest BCUT2D eigenvalue weighted by molar-refractivity contribution is -0.150. The van der Waals surface area contributed by atoms with Gasteiger partial charge in [-0.1, -0.05) is 41.5 Å². The number of likely N-dealkylation sites (tertiary alicyclic amines) is 3. The molecule has 16 amide bonds. The van der Waals surface area contributed by atoms with Crippen molar-refractivity contribution in [1.82, 2.24) is 93.6 Å². The van der Waals surface area contributed by atoms with Crippen molar-refractivity contribution >= 4 is 94.5 Å². The predicted molar refractivity (Wildman–Crippen MR) is 428 cm³/mol. The van der Waals surface area contributed by atoms with E-state index in [9.17, 15) is 76.7 Å². The third-order valence-electron chi connectivity index (χ3n) is 21.7. The molecule has 0 aromatic rings. The number of nitrogens with one attached hydrogen (secondary N) is 13. The number of hydrogen-bond acceptors (Lipinski definition) is 18. The highest BCUT2D eigenvalue weighted by molar-refractivity contribution is 6.02. The Morgan fingerprint density at radius 2 is 0.763 bits per heavy atom. The molecule has 34 nitrogen and oxygen atoms in total. The Bertz CT molecular complexity index is 3500. The summed E-state index contributed by atoms with van der Waals surface area (Å²) in [7, 11) is 0. The first-order chi connectivity index (χ1) is 52.7. The highest BCUT2D eigenvalue weighted by Crippen LogP contribution is 2.29. The zero-order valence-electron chi connectivity index (χ0n) is 71.9. The summed E-state index contributed by atoms with van der Waals surface area (Å²) >= 11 is 0. The van der Waals surface area contributed by atoms with Gasteiger partial charge in [-0.15, -0.1) is 0 Å². The lowest BCUT2D eigenvalue weighted by atomic mass is 9.93. The second-order valence-corrected chi connectivity index (χ2v) is 36.7. The number of nitrogens with zero attached hydrogens (tertiary/aromatic N) is 5. The molecule has 0 radical (unpaired) electrons. The first kappa shape index (κ1) is 96.0. The lowest BCUT2D eigenvalue weighted by Gasteiger charge is -2.42. The van der Waals surface area contributed by atoms with E-state index >= 15 is 0 Å². The van der Waals surface area contributed by atoms with Gasteiger partial charge in [0.15, 0.2) is 0 Å². The molecule has 13 N–H and O–H groups in total. The first-order valence-electron chi connectivity index (χ1n) is 41.1. The molecular weight excluding hydrogens is 1470 g/mol. The lowest BCUT2D eigenvalue weighted by Crippen LogP contribution is -2.67. The van der Waals surface area contributed by atoms with E-state index in [0.717, 1.165) is 58.2 Å². The van der Waals surface area contributed by atoms with Gasteiger partial charge in [0, 0.05) is 65.2 Å². The molecule has 7 atom stereocenters. The van der Waals surface area contributed by atoms with Crippen molar-refractivity contribution < 1.29 is 76.7 Å². The molecule has 5 aliphatic rings. The molecule has 3 unspecified atom stereocenters. The molecule has 34 heteroatoms. The van der Waals surface area contributed by atoms with Gasteiger partial charge in [0.2, 0.25) is 94.5 Å². The van der Waals surface area contributed by atoms with Crippen molar-refractivity contribution in [3.63, 3.8) is 0 Å². The molecule has 5 rings (SSSR count). The maximum absolute atomic E-state index is 14.4. The summed E-state index contributed by atoms with van der Waals surface area (Å²) in [5.74, 6) is -9.78. The largest absolute Gasteiger partial charge is 0.354 e. The smallest absolute Gasteiger partial charge is 0.248 e. The quantitative estimate of drug-likeness (QED) is 0.0410. The van der Waals surface area contributed by atoms with Crippen LogP contribution in [-0.2, 0) is 76.7 Å². The zero-order valence-corrected chi connectivity index (χ0v) is 71.9. The van der Waals surface area contributed by atoms with Gasteiger partial charge in [-0.3, -0.25) is 86.5 Å². The minimum atomic E-state index is -1.67. The Balaban J connectivity index is 1.06. The summed E-state index contributed by atoms with van der Waals surface area (Å²) in [6.45, 7) is 36.8. The number of piperidine rings is 3. The van der Waals surface area contributed by atoms with Gasteiger partial charge in [0.1, 0.15) is 69.0 Å². The van der Waals surface area contributed by atoms with Crippen LogP contribution in [-0.4, -0.2) is 266 Å². The van der Waals surface area contributed by atoms with E-state index in [-0.39, 0.29) is 81.4 Å². The third kappa shape index (κ3) is 27.8. The molecule has 5 aliphatic heterocycles. The van der Waals surface area contributed by atoms with E-state index < -0.39 is 165 Å². The van der Waals surface area contributed by atoms with Gasteiger partial charge < -0.3 is 83.8 Å². The summed E-state index contributed by atoms with van der Waals surface area (Å²) in [5.41, 5.74) is -11.1. The predicted octanol–water partition coefficient (Wildman–Crippen LogP) is 0.872. The van der Waals surface area contributed by atoms with Gasteiger partial charge in [0.05, 0.1) is 19.3 Å². The van der Waals surface area contributed by atoms with E-state index in [4.69, 9.17) is 0 Å². The van der Waals surface area contributed by atoms with E-state index in [0.29, 0.717) is 57.3 Å². The molecule has 5 fully saturated rings.